The Morgan fingerprint density at radius 3 is 2.62 bits per heavy atom. The predicted octanol–water partition coefficient (Wildman–Crippen LogP) is 4.29. The molecule has 0 spiro atoms. The van der Waals surface area contributed by atoms with Gasteiger partial charge in [0.1, 0.15) is 22.9 Å². The third-order valence-corrected chi connectivity index (χ3v) is 5.99. The molecule has 154 valence electrons. The number of benzene rings is 1. The number of halogens is 1. The summed E-state index contributed by atoms with van der Waals surface area (Å²) in [5, 5.41) is 0. The van der Waals surface area contributed by atoms with Crippen LogP contribution in [-0.2, 0) is 0 Å². The maximum absolute atomic E-state index is 13.0. The van der Waals surface area contributed by atoms with Crippen molar-refractivity contribution >= 4 is 5.91 Å². The van der Waals surface area contributed by atoms with E-state index < -0.39 is 5.63 Å². The lowest BCUT2D eigenvalue weighted by molar-refractivity contribution is 0.0627. The van der Waals surface area contributed by atoms with Crippen LogP contribution >= 0.6 is 0 Å². The maximum atomic E-state index is 13.0. The van der Waals surface area contributed by atoms with Crippen LogP contribution in [0.15, 0.2) is 39.5 Å². The van der Waals surface area contributed by atoms with Crippen LogP contribution in [-0.4, -0.2) is 30.5 Å². The predicted molar refractivity (Wildman–Crippen MR) is 107 cm³/mol. The molecule has 0 N–H and O–H groups in total. The van der Waals surface area contributed by atoms with Gasteiger partial charge in [0.15, 0.2) is 0 Å². The maximum Gasteiger partial charge on any atom is 0.349 e. The molecule has 2 heterocycles. The number of hydrogen-bond donors (Lipinski definition) is 0. The minimum Gasteiger partial charge on any atom is -0.493 e. The molecule has 2 fully saturated rings. The molecule has 1 atom stereocenters. The number of amides is 1. The van der Waals surface area contributed by atoms with E-state index in [1.165, 1.54) is 12.1 Å². The molecule has 1 aromatic heterocycles. The Balaban J connectivity index is 1.42. The van der Waals surface area contributed by atoms with Gasteiger partial charge in [-0.25, -0.2) is 9.18 Å². The number of hydrogen-bond acceptors (Lipinski definition) is 4. The van der Waals surface area contributed by atoms with Crippen molar-refractivity contribution in [1.29, 1.82) is 0 Å². The van der Waals surface area contributed by atoms with Gasteiger partial charge >= 0.3 is 5.63 Å². The summed E-state index contributed by atoms with van der Waals surface area (Å²) in [6.45, 7) is 3.41. The SMILES string of the molecule is Cc1cc(C2CCC2)oc(=O)c1C(=O)N1CCCC(COc2ccc(F)cc2)C1. The zero-order valence-corrected chi connectivity index (χ0v) is 16.7. The van der Waals surface area contributed by atoms with E-state index in [-0.39, 0.29) is 23.2 Å². The summed E-state index contributed by atoms with van der Waals surface area (Å²) < 4.78 is 24.3. The molecule has 2 aliphatic rings. The lowest BCUT2D eigenvalue weighted by Crippen LogP contribution is -2.43. The van der Waals surface area contributed by atoms with Crippen molar-refractivity contribution in [3.8, 4) is 5.75 Å². The fraction of sp³-hybridized carbons (Fsp3) is 0.478. The second-order valence-corrected chi connectivity index (χ2v) is 8.15. The highest BCUT2D eigenvalue weighted by atomic mass is 19.1. The fourth-order valence-corrected chi connectivity index (χ4v) is 4.07. The molecular weight excluding hydrogens is 373 g/mol. The Morgan fingerprint density at radius 1 is 1.21 bits per heavy atom. The monoisotopic (exact) mass is 399 g/mol. The summed E-state index contributed by atoms with van der Waals surface area (Å²) in [7, 11) is 0. The lowest BCUT2D eigenvalue weighted by Gasteiger charge is -2.33. The van der Waals surface area contributed by atoms with Crippen molar-refractivity contribution in [1.82, 2.24) is 4.90 Å². The second kappa shape index (κ2) is 8.39. The molecule has 1 unspecified atom stereocenters. The molecule has 1 aromatic carbocycles. The number of nitrogens with zero attached hydrogens (tertiary/aromatic N) is 1. The number of aryl methyl sites for hydroxylation is 1. The second-order valence-electron chi connectivity index (χ2n) is 8.15. The smallest absolute Gasteiger partial charge is 0.349 e. The molecule has 0 radical (unpaired) electrons. The first-order valence-corrected chi connectivity index (χ1v) is 10.3. The summed E-state index contributed by atoms with van der Waals surface area (Å²) in [6, 6.07) is 7.78. The topological polar surface area (TPSA) is 59.8 Å². The first kappa shape index (κ1) is 19.7. The van der Waals surface area contributed by atoms with Gasteiger partial charge in [0, 0.05) is 24.9 Å². The van der Waals surface area contributed by atoms with Gasteiger partial charge < -0.3 is 14.1 Å². The number of rotatable bonds is 5. The number of carbonyl (C=O) groups excluding carboxylic acids is 1. The standard InChI is InChI=1S/C23H26FNO4/c1-15-12-20(17-5-2-6-17)29-23(27)21(15)22(26)25-11-3-4-16(13-25)14-28-19-9-7-18(24)8-10-19/h7-10,12,16-17H,2-6,11,13-14H2,1H3. The Morgan fingerprint density at radius 2 is 1.97 bits per heavy atom. The Kier molecular flexibility index (Phi) is 5.69. The van der Waals surface area contributed by atoms with Crippen LogP contribution in [0.2, 0.25) is 0 Å². The van der Waals surface area contributed by atoms with E-state index in [1.54, 1.807) is 17.0 Å². The van der Waals surface area contributed by atoms with Crippen LogP contribution < -0.4 is 10.4 Å². The van der Waals surface area contributed by atoms with Gasteiger partial charge in [0.2, 0.25) is 0 Å². The van der Waals surface area contributed by atoms with Crippen molar-refractivity contribution in [2.45, 2.75) is 44.9 Å². The molecular formula is C23H26FNO4. The molecule has 4 rings (SSSR count). The van der Waals surface area contributed by atoms with Crippen molar-refractivity contribution in [3.05, 3.63) is 63.5 Å². The van der Waals surface area contributed by atoms with E-state index >= 15 is 0 Å². The molecule has 0 bridgehead atoms. The van der Waals surface area contributed by atoms with Gasteiger partial charge in [-0.1, -0.05) is 6.42 Å². The average molecular weight is 399 g/mol. The van der Waals surface area contributed by atoms with E-state index in [1.807, 2.05) is 13.0 Å². The van der Waals surface area contributed by atoms with E-state index in [0.29, 0.717) is 42.7 Å². The number of likely N-dealkylation sites (tertiary alicyclic amines) is 1. The number of carbonyl (C=O) groups is 1. The summed E-state index contributed by atoms with van der Waals surface area (Å²) >= 11 is 0. The van der Waals surface area contributed by atoms with Crippen LogP contribution in [0.3, 0.4) is 0 Å². The Labute approximate surface area is 169 Å². The highest BCUT2D eigenvalue weighted by Gasteiger charge is 2.30. The van der Waals surface area contributed by atoms with Crippen LogP contribution in [0, 0.1) is 18.7 Å². The Hall–Kier alpha value is -2.63. The van der Waals surface area contributed by atoms with Gasteiger partial charge in [-0.3, -0.25) is 4.79 Å². The molecule has 1 aliphatic carbocycles. The highest BCUT2D eigenvalue weighted by Crippen LogP contribution is 2.36. The fourth-order valence-electron chi connectivity index (χ4n) is 4.07. The van der Waals surface area contributed by atoms with E-state index in [0.717, 1.165) is 32.1 Å². The van der Waals surface area contributed by atoms with Crippen LogP contribution in [0.5, 0.6) is 5.75 Å². The minimum atomic E-state index is -0.526. The average Bonchev–Trinajstić information content (AvgIpc) is 2.66. The van der Waals surface area contributed by atoms with Crippen molar-refractivity contribution < 1.29 is 18.3 Å². The number of ether oxygens (including phenoxy) is 1. The third kappa shape index (κ3) is 4.36. The lowest BCUT2D eigenvalue weighted by atomic mass is 9.83. The molecule has 1 aliphatic heterocycles. The van der Waals surface area contributed by atoms with Gasteiger partial charge in [-0.15, -0.1) is 0 Å². The van der Waals surface area contributed by atoms with E-state index in [2.05, 4.69) is 0 Å². The number of piperidine rings is 1. The molecule has 5 nitrogen and oxygen atoms in total. The molecule has 2 aromatic rings. The molecule has 1 amide bonds. The molecule has 1 saturated heterocycles. The zero-order chi connectivity index (χ0) is 20.4. The third-order valence-electron chi connectivity index (χ3n) is 5.99. The van der Waals surface area contributed by atoms with E-state index in [9.17, 15) is 14.0 Å². The molecule has 6 heteroatoms. The van der Waals surface area contributed by atoms with Gasteiger partial charge in [0.25, 0.3) is 5.91 Å². The molecule has 29 heavy (non-hydrogen) atoms. The summed E-state index contributed by atoms with van der Waals surface area (Å²) in [5.74, 6) is 1.23. The summed E-state index contributed by atoms with van der Waals surface area (Å²) in [5.41, 5.74) is 0.313. The van der Waals surface area contributed by atoms with Crippen molar-refractivity contribution in [2.24, 2.45) is 5.92 Å². The van der Waals surface area contributed by atoms with Crippen LogP contribution in [0.25, 0.3) is 0 Å². The minimum absolute atomic E-state index is 0.146. The van der Waals surface area contributed by atoms with Crippen molar-refractivity contribution in [2.75, 3.05) is 19.7 Å². The van der Waals surface area contributed by atoms with Crippen LogP contribution in [0.1, 0.15) is 59.7 Å². The molecule has 1 saturated carbocycles. The van der Waals surface area contributed by atoms with Crippen LogP contribution in [0.4, 0.5) is 4.39 Å². The van der Waals surface area contributed by atoms with Gasteiger partial charge in [0.05, 0.1) is 6.61 Å². The summed E-state index contributed by atoms with van der Waals surface area (Å²) in [6.07, 6.45) is 5.03. The van der Waals surface area contributed by atoms with Crippen molar-refractivity contribution in [3.63, 3.8) is 0 Å². The highest BCUT2D eigenvalue weighted by molar-refractivity contribution is 5.95. The Bertz CT molecular complexity index is 933. The van der Waals surface area contributed by atoms with Gasteiger partial charge in [-0.05, 0) is 68.5 Å². The zero-order valence-electron chi connectivity index (χ0n) is 16.7. The first-order chi connectivity index (χ1) is 14.0. The summed E-state index contributed by atoms with van der Waals surface area (Å²) in [4.78, 5) is 27.3. The largest absolute Gasteiger partial charge is 0.493 e. The van der Waals surface area contributed by atoms with Gasteiger partial charge in [-0.2, -0.15) is 0 Å². The normalized spacial score (nSPS) is 19.7. The van der Waals surface area contributed by atoms with E-state index in [4.69, 9.17) is 9.15 Å². The quantitative estimate of drug-likeness (QED) is 0.753. The first-order valence-electron chi connectivity index (χ1n) is 10.3.